The third kappa shape index (κ3) is 4.40. The molecular weight excluding hydrogens is 188 g/mol. The summed E-state index contributed by atoms with van der Waals surface area (Å²) in [5.74, 6) is 0.604. The van der Waals surface area contributed by atoms with Gasteiger partial charge >= 0.3 is 0 Å². The van der Waals surface area contributed by atoms with Gasteiger partial charge in [-0.3, -0.25) is 4.98 Å². The molecule has 1 aromatic heterocycles. The zero-order chi connectivity index (χ0) is 11.3. The molecule has 84 valence electrons. The van der Waals surface area contributed by atoms with Crippen molar-refractivity contribution in [3.8, 4) is 0 Å². The summed E-state index contributed by atoms with van der Waals surface area (Å²) >= 11 is 0. The lowest BCUT2D eigenvalue weighted by molar-refractivity contribution is 0.173. The van der Waals surface area contributed by atoms with Crippen LogP contribution in [-0.2, 0) is 0 Å². The van der Waals surface area contributed by atoms with E-state index >= 15 is 0 Å². The highest BCUT2D eigenvalue weighted by atomic mass is 16.3. The van der Waals surface area contributed by atoms with Gasteiger partial charge in [-0.05, 0) is 24.9 Å². The van der Waals surface area contributed by atoms with Crippen LogP contribution in [0.5, 0.6) is 0 Å². The van der Waals surface area contributed by atoms with Gasteiger partial charge in [0.1, 0.15) is 0 Å². The van der Waals surface area contributed by atoms with Crippen LogP contribution < -0.4 is 5.32 Å². The number of hydrogen-bond donors (Lipinski definition) is 2. The lowest BCUT2D eigenvalue weighted by Crippen LogP contribution is -2.25. The zero-order valence-corrected chi connectivity index (χ0v) is 9.70. The second kappa shape index (κ2) is 5.83. The average Bonchev–Trinajstić information content (AvgIpc) is 2.17. The molecule has 0 aliphatic heterocycles. The molecule has 0 aliphatic carbocycles. The number of pyridine rings is 1. The molecule has 1 aromatic rings. The van der Waals surface area contributed by atoms with Crippen LogP contribution in [-0.4, -0.2) is 23.2 Å². The molecule has 0 saturated carbocycles. The van der Waals surface area contributed by atoms with Crippen molar-refractivity contribution in [2.45, 2.75) is 26.9 Å². The molecule has 1 unspecified atom stereocenters. The Balaban J connectivity index is 2.43. The summed E-state index contributed by atoms with van der Waals surface area (Å²) < 4.78 is 0. The Hall–Kier alpha value is -0.930. The molecule has 0 radical (unpaired) electrons. The van der Waals surface area contributed by atoms with Gasteiger partial charge in [-0.15, -0.1) is 0 Å². The van der Waals surface area contributed by atoms with Crippen LogP contribution in [0.25, 0.3) is 0 Å². The largest absolute Gasteiger partial charge is 0.387 e. The molecule has 0 aromatic carbocycles. The Morgan fingerprint density at radius 1 is 1.33 bits per heavy atom. The van der Waals surface area contributed by atoms with Crippen LogP contribution in [0.15, 0.2) is 18.5 Å². The van der Waals surface area contributed by atoms with Gasteiger partial charge in [0.25, 0.3) is 0 Å². The van der Waals surface area contributed by atoms with E-state index in [0.717, 1.165) is 17.7 Å². The number of aryl methyl sites for hydroxylation is 1. The third-order valence-electron chi connectivity index (χ3n) is 2.17. The van der Waals surface area contributed by atoms with Crippen LogP contribution in [0.2, 0.25) is 0 Å². The van der Waals surface area contributed by atoms with Gasteiger partial charge in [0.15, 0.2) is 0 Å². The lowest BCUT2D eigenvalue weighted by Gasteiger charge is -2.13. The fourth-order valence-electron chi connectivity index (χ4n) is 1.39. The number of nitrogens with zero attached hydrogens (tertiary/aromatic N) is 1. The van der Waals surface area contributed by atoms with E-state index in [0.29, 0.717) is 12.5 Å². The third-order valence-corrected chi connectivity index (χ3v) is 2.17. The van der Waals surface area contributed by atoms with Gasteiger partial charge in [0, 0.05) is 24.5 Å². The van der Waals surface area contributed by atoms with E-state index in [1.54, 1.807) is 12.4 Å². The van der Waals surface area contributed by atoms with E-state index in [1.807, 2.05) is 13.0 Å². The molecule has 1 rings (SSSR count). The first kappa shape index (κ1) is 12.1. The molecule has 2 N–H and O–H groups in total. The number of aliphatic hydroxyl groups is 1. The van der Waals surface area contributed by atoms with Gasteiger partial charge in [-0.25, -0.2) is 0 Å². The minimum Gasteiger partial charge on any atom is -0.387 e. The summed E-state index contributed by atoms with van der Waals surface area (Å²) in [7, 11) is 0. The van der Waals surface area contributed by atoms with Crippen LogP contribution in [0.3, 0.4) is 0 Å². The summed E-state index contributed by atoms with van der Waals surface area (Å²) in [6.07, 6.45) is 3.04. The molecular formula is C12H20N2O. The highest BCUT2D eigenvalue weighted by molar-refractivity contribution is 5.18. The van der Waals surface area contributed by atoms with Crippen molar-refractivity contribution in [2.75, 3.05) is 13.1 Å². The Labute approximate surface area is 91.5 Å². The van der Waals surface area contributed by atoms with Crippen molar-refractivity contribution in [1.82, 2.24) is 10.3 Å². The molecule has 3 nitrogen and oxygen atoms in total. The first-order valence-electron chi connectivity index (χ1n) is 5.40. The van der Waals surface area contributed by atoms with E-state index < -0.39 is 6.10 Å². The molecule has 0 bridgehead atoms. The van der Waals surface area contributed by atoms with Crippen molar-refractivity contribution in [2.24, 2.45) is 5.92 Å². The molecule has 0 amide bonds. The normalized spacial score (nSPS) is 13.1. The van der Waals surface area contributed by atoms with Gasteiger partial charge in [-0.2, -0.15) is 0 Å². The van der Waals surface area contributed by atoms with Gasteiger partial charge < -0.3 is 10.4 Å². The van der Waals surface area contributed by atoms with Gasteiger partial charge in [0.2, 0.25) is 0 Å². The number of hydrogen-bond acceptors (Lipinski definition) is 3. The molecule has 0 aliphatic rings. The summed E-state index contributed by atoms with van der Waals surface area (Å²) in [5, 5.41) is 13.1. The highest BCUT2D eigenvalue weighted by Gasteiger charge is 2.07. The maximum Gasteiger partial charge on any atom is 0.0929 e. The summed E-state index contributed by atoms with van der Waals surface area (Å²) in [6, 6.07) is 1.97. The lowest BCUT2D eigenvalue weighted by atomic mass is 10.1. The van der Waals surface area contributed by atoms with Crippen molar-refractivity contribution < 1.29 is 5.11 Å². The summed E-state index contributed by atoms with van der Waals surface area (Å²) in [4.78, 5) is 4.06. The van der Waals surface area contributed by atoms with E-state index in [-0.39, 0.29) is 0 Å². The molecule has 1 atom stereocenters. The minimum absolute atomic E-state index is 0.462. The molecule has 15 heavy (non-hydrogen) atoms. The molecule has 0 saturated heterocycles. The SMILES string of the molecule is Cc1cncc(C(O)CNCC(C)C)c1. The van der Waals surface area contributed by atoms with Crippen molar-refractivity contribution in [1.29, 1.82) is 0 Å². The Kier molecular flexibility index (Phi) is 4.72. The summed E-state index contributed by atoms with van der Waals surface area (Å²) in [5.41, 5.74) is 1.96. The molecule has 1 heterocycles. The van der Waals surface area contributed by atoms with Crippen molar-refractivity contribution >= 4 is 0 Å². The smallest absolute Gasteiger partial charge is 0.0929 e. The Morgan fingerprint density at radius 3 is 2.67 bits per heavy atom. The average molecular weight is 208 g/mol. The van der Waals surface area contributed by atoms with Gasteiger partial charge in [-0.1, -0.05) is 19.9 Å². The van der Waals surface area contributed by atoms with Gasteiger partial charge in [0.05, 0.1) is 6.10 Å². The second-order valence-electron chi connectivity index (χ2n) is 4.36. The first-order chi connectivity index (χ1) is 7.09. The van der Waals surface area contributed by atoms with E-state index in [1.165, 1.54) is 0 Å². The standard InChI is InChI=1S/C12H20N2O/c1-9(2)5-13-8-12(15)11-4-10(3)6-14-7-11/h4,6-7,9,12-13,15H,5,8H2,1-3H3. The molecule has 0 spiro atoms. The Bertz CT molecular complexity index is 299. The predicted octanol–water partition coefficient (Wildman–Crippen LogP) is 1.67. The Morgan fingerprint density at radius 2 is 2.07 bits per heavy atom. The van der Waals surface area contributed by atoms with Crippen LogP contribution in [0, 0.1) is 12.8 Å². The van der Waals surface area contributed by atoms with Crippen LogP contribution in [0.1, 0.15) is 31.1 Å². The quantitative estimate of drug-likeness (QED) is 0.773. The molecule has 0 fully saturated rings. The van der Waals surface area contributed by atoms with E-state index in [2.05, 4.69) is 24.1 Å². The highest BCUT2D eigenvalue weighted by Crippen LogP contribution is 2.11. The fourth-order valence-corrected chi connectivity index (χ4v) is 1.39. The van der Waals surface area contributed by atoms with E-state index in [9.17, 15) is 5.11 Å². The predicted molar refractivity (Wildman–Crippen MR) is 61.6 cm³/mol. The van der Waals surface area contributed by atoms with Crippen LogP contribution in [0.4, 0.5) is 0 Å². The topological polar surface area (TPSA) is 45.2 Å². The minimum atomic E-state index is -0.462. The van der Waals surface area contributed by atoms with E-state index in [4.69, 9.17) is 0 Å². The maximum atomic E-state index is 9.86. The maximum absolute atomic E-state index is 9.86. The number of aliphatic hydroxyl groups excluding tert-OH is 1. The number of aromatic nitrogens is 1. The molecule has 3 heteroatoms. The second-order valence-corrected chi connectivity index (χ2v) is 4.36. The fraction of sp³-hybridized carbons (Fsp3) is 0.583. The van der Waals surface area contributed by atoms with Crippen molar-refractivity contribution in [3.63, 3.8) is 0 Å². The van der Waals surface area contributed by atoms with Crippen LogP contribution >= 0.6 is 0 Å². The first-order valence-corrected chi connectivity index (χ1v) is 5.40. The zero-order valence-electron chi connectivity index (χ0n) is 9.70. The number of rotatable bonds is 5. The summed E-state index contributed by atoms with van der Waals surface area (Å²) in [6.45, 7) is 7.78. The monoisotopic (exact) mass is 208 g/mol. The van der Waals surface area contributed by atoms with Crippen molar-refractivity contribution in [3.05, 3.63) is 29.6 Å². The number of nitrogens with one attached hydrogen (secondary N) is 1.